The molecule has 3 heteroatoms. The Bertz CT molecular complexity index is 471. The normalized spacial score (nSPS) is 18.0. The molecule has 1 aliphatic heterocycles. The van der Waals surface area contributed by atoms with Gasteiger partial charge in [0.05, 0.1) is 19.5 Å². The van der Waals surface area contributed by atoms with Crippen LogP contribution in [-0.2, 0) is 11.3 Å². The summed E-state index contributed by atoms with van der Waals surface area (Å²) in [6.07, 6.45) is 1.74. The van der Waals surface area contributed by atoms with Crippen LogP contribution in [-0.4, -0.2) is 31.2 Å². The number of nitrogens with zero attached hydrogens (tertiary/aromatic N) is 1. The Morgan fingerprint density at radius 3 is 2.88 bits per heavy atom. The maximum atomic E-state index is 5.40. The lowest BCUT2D eigenvalue weighted by Crippen LogP contribution is -2.35. The second-order valence-corrected chi connectivity index (χ2v) is 4.18. The van der Waals surface area contributed by atoms with Crippen LogP contribution < -0.4 is 0 Å². The summed E-state index contributed by atoms with van der Waals surface area (Å²) in [5, 5.41) is 1.17. The first-order chi connectivity index (χ1) is 7.92. The van der Waals surface area contributed by atoms with Crippen molar-refractivity contribution in [2.24, 2.45) is 0 Å². The summed E-state index contributed by atoms with van der Waals surface area (Å²) in [5.74, 6) is 0. The van der Waals surface area contributed by atoms with Gasteiger partial charge < -0.3 is 9.15 Å². The number of furan rings is 1. The van der Waals surface area contributed by atoms with Crippen LogP contribution >= 0.6 is 0 Å². The Labute approximate surface area is 94.6 Å². The third-order valence-electron chi connectivity index (χ3n) is 3.03. The number of ether oxygens (including phenoxy) is 1. The fourth-order valence-electron chi connectivity index (χ4n) is 2.11. The fraction of sp³-hybridized carbons (Fsp3) is 0.385. The first-order valence-corrected chi connectivity index (χ1v) is 5.68. The molecule has 0 radical (unpaired) electrons. The predicted octanol–water partition coefficient (Wildman–Crippen LogP) is 2.26. The lowest BCUT2D eigenvalue weighted by molar-refractivity contribution is 0.0342. The number of morpholine rings is 1. The minimum absolute atomic E-state index is 0.850. The van der Waals surface area contributed by atoms with E-state index in [-0.39, 0.29) is 0 Å². The van der Waals surface area contributed by atoms with Gasteiger partial charge in [-0.3, -0.25) is 4.90 Å². The SMILES string of the molecule is c1cc2ccc(CN3CCOCC3)cc2o1. The highest BCUT2D eigenvalue weighted by Crippen LogP contribution is 2.18. The van der Waals surface area contributed by atoms with Crippen LogP contribution in [0.25, 0.3) is 11.0 Å². The van der Waals surface area contributed by atoms with Crippen LogP contribution in [0.3, 0.4) is 0 Å². The average molecular weight is 217 g/mol. The van der Waals surface area contributed by atoms with Gasteiger partial charge in [-0.2, -0.15) is 0 Å². The number of fused-ring (bicyclic) bond motifs is 1. The highest BCUT2D eigenvalue weighted by Gasteiger charge is 2.10. The molecule has 1 saturated heterocycles. The second kappa shape index (κ2) is 4.28. The summed E-state index contributed by atoms with van der Waals surface area (Å²) in [6, 6.07) is 8.42. The zero-order chi connectivity index (χ0) is 10.8. The molecule has 1 fully saturated rings. The van der Waals surface area contributed by atoms with Crippen molar-refractivity contribution in [3.63, 3.8) is 0 Å². The fourth-order valence-corrected chi connectivity index (χ4v) is 2.11. The molecular formula is C13H15NO2. The maximum Gasteiger partial charge on any atom is 0.134 e. The number of rotatable bonds is 2. The average Bonchev–Trinajstić information content (AvgIpc) is 2.77. The van der Waals surface area contributed by atoms with Crippen LogP contribution in [0.5, 0.6) is 0 Å². The van der Waals surface area contributed by atoms with E-state index in [2.05, 4.69) is 23.1 Å². The largest absolute Gasteiger partial charge is 0.464 e. The topological polar surface area (TPSA) is 25.6 Å². The van der Waals surface area contributed by atoms with Gasteiger partial charge in [0.25, 0.3) is 0 Å². The molecule has 1 aliphatic rings. The summed E-state index contributed by atoms with van der Waals surface area (Å²) >= 11 is 0. The summed E-state index contributed by atoms with van der Waals surface area (Å²) in [7, 11) is 0. The summed E-state index contributed by atoms with van der Waals surface area (Å²) in [5.41, 5.74) is 2.29. The van der Waals surface area contributed by atoms with Gasteiger partial charge in [0.2, 0.25) is 0 Å². The standard InChI is InChI=1S/C13H15NO2/c1-2-12-3-6-16-13(12)9-11(1)10-14-4-7-15-8-5-14/h1-3,6,9H,4-5,7-8,10H2. The highest BCUT2D eigenvalue weighted by atomic mass is 16.5. The molecule has 2 aromatic rings. The molecule has 16 heavy (non-hydrogen) atoms. The highest BCUT2D eigenvalue weighted by molar-refractivity contribution is 5.77. The monoisotopic (exact) mass is 217 g/mol. The smallest absolute Gasteiger partial charge is 0.134 e. The van der Waals surface area contributed by atoms with Gasteiger partial charge in [-0.25, -0.2) is 0 Å². The molecular weight excluding hydrogens is 202 g/mol. The Morgan fingerprint density at radius 1 is 1.12 bits per heavy atom. The van der Waals surface area contributed by atoms with Gasteiger partial charge >= 0.3 is 0 Å². The van der Waals surface area contributed by atoms with Gasteiger partial charge in [0.1, 0.15) is 5.58 Å². The van der Waals surface area contributed by atoms with Crippen molar-refractivity contribution in [3.8, 4) is 0 Å². The van der Waals surface area contributed by atoms with Crippen LogP contribution in [0.2, 0.25) is 0 Å². The van der Waals surface area contributed by atoms with Crippen molar-refractivity contribution in [3.05, 3.63) is 36.1 Å². The van der Waals surface area contributed by atoms with E-state index in [0.29, 0.717) is 0 Å². The van der Waals surface area contributed by atoms with Crippen molar-refractivity contribution in [2.45, 2.75) is 6.54 Å². The molecule has 84 valence electrons. The van der Waals surface area contributed by atoms with Crippen LogP contribution in [0.1, 0.15) is 5.56 Å². The first kappa shape index (κ1) is 9.87. The molecule has 3 rings (SSSR count). The van der Waals surface area contributed by atoms with E-state index in [9.17, 15) is 0 Å². The molecule has 0 aliphatic carbocycles. The number of hydrogen-bond donors (Lipinski definition) is 0. The van der Waals surface area contributed by atoms with Crippen LogP contribution in [0.4, 0.5) is 0 Å². The Balaban J connectivity index is 1.77. The summed E-state index contributed by atoms with van der Waals surface area (Å²) in [4.78, 5) is 2.41. The Hall–Kier alpha value is -1.32. The zero-order valence-electron chi connectivity index (χ0n) is 9.19. The second-order valence-electron chi connectivity index (χ2n) is 4.18. The number of benzene rings is 1. The molecule has 0 N–H and O–H groups in total. The van der Waals surface area contributed by atoms with Crippen molar-refractivity contribution in [1.82, 2.24) is 4.90 Å². The zero-order valence-corrected chi connectivity index (χ0v) is 9.19. The Kier molecular flexibility index (Phi) is 2.64. The van der Waals surface area contributed by atoms with E-state index >= 15 is 0 Å². The minimum Gasteiger partial charge on any atom is -0.464 e. The van der Waals surface area contributed by atoms with E-state index in [4.69, 9.17) is 9.15 Å². The third kappa shape index (κ3) is 1.96. The van der Waals surface area contributed by atoms with Crippen molar-refractivity contribution < 1.29 is 9.15 Å². The predicted molar refractivity (Wildman–Crippen MR) is 62.3 cm³/mol. The molecule has 0 amide bonds. The maximum absolute atomic E-state index is 5.40. The van der Waals surface area contributed by atoms with E-state index < -0.39 is 0 Å². The lowest BCUT2D eigenvalue weighted by Gasteiger charge is -2.26. The van der Waals surface area contributed by atoms with Crippen LogP contribution in [0, 0.1) is 0 Å². The third-order valence-corrected chi connectivity index (χ3v) is 3.03. The van der Waals surface area contributed by atoms with Gasteiger partial charge in [0, 0.05) is 25.0 Å². The molecule has 2 heterocycles. The molecule has 0 spiro atoms. The van der Waals surface area contributed by atoms with Gasteiger partial charge in [-0.15, -0.1) is 0 Å². The van der Waals surface area contributed by atoms with Gasteiger partial charge in [-0.1, -0.05) is 12.1 Å². The first-order valence-electron chi connectivity index (χ1n) is 5.68. The van der Waals surface area contributed by atoms with Crippen LogP contribution in [0.15, 0.2) is 34.9 Å². The van der Waals surface area contributed by atoms with E-state index in [0.717, 1.165) is 38.4 Å². The molecule has 0 unspecified atom stereocenters. The minimum atomic E-state index is 0.850. The van der Waals surface area contributed by atoms with Gasteiger partial charge in [-0.05, 0) is 17.7 Å². The summed E-state index contributed by atoms with van der Waals surface area (Å²) in [6.45, 7) is 4.73. The molecule has 3 nitrogen and oxygen atoms in total. The molecule has 0 bridgehead atoms. The Morgan fingerprint density at radius 2 is 2.00 bits per heavy atom. The van der Waals surface area contributed by atoms with Crippen molar-refractivity contribution in [1.29, 1.82) is 0 Å². The molecule has 1 aromatic heterocycles. The van der Waals surface area contributed by atoms with Crippen molar-refractivity contribution >= 4 is 11.0 Å². The number of hydrogen-bond acceptors (Lipinski definition) is 3. The van der Waals surface area contributed by atoms with E-state index in [1.807, 2.05) is 6.07 Å². The van der Waals surface area contributed by atoms with Crippen molar-refractivity contribution in [2.75, 3.05) is 26.3 Å². The van der Waals surface area contributed by atoms with E-state index in [1.54, 1.807) is 6.26 Å². The molecule has 1 aromatic carbocycles. The lowest BCUT2D eigenvalue weighted by atomic mass is 10.1. The summed E-state index contributed by atoms with van der Waals surface area (Å²) < 4.78 is 10.7. The van der Waals surface area contributed by atoms with E-state index in [1.165, 1.54) is 10.9 Å². The molecule has 0 saturated carbocycles. The molecule has 0 atom stereocenters. The van der Waals surface area contributed by atoms with Gasteiger partial charge in [0.15, 0.2) is 0 Å². The quantitative estimate of drug-likeness (QED) is 0.771.